The molecule has 3 heteroatoms. The first-order valence-electron chi connectivity index (χ1n) is 6.40. The first-order valence-corrected chi connectivity index (χ1v) is 6.78. The Bertz CT molecular complexity index is 372. The molecule has 1 aromatic carbocycles. The van der Waals surface area contributed by atoms with Gasteiger partial charge < -0.3 is 10.6 Å². The highest BCUT2D eigenvalue weighted by atomic mass is 35.5. The summed E-state index contributed by atoms with van der Waals surface area (Å²) < 4.78 is 0. The molecule has 0 aliphatic heterocycles. The van der Waals surface area contributed by atoms with Gasteiger partial charge >= 0.3 is 0 Å². The molecule has 0 atom stereocenters. The van der Waals surface area contributed by atoms with Crippen molar-refractivity contribution in [3.63, 3.8) is 0 Å². The molecule has 94 valence electrons. The van der Waals surface area contributed by atoms with Crippen molar-refractivity contribution < 1.29 is 0 Å². The lowest BCUT2D eigenvalue weighted by Gasteiger charge is -2.23. The standard InChI is InChI=1S/C14H21ClN2/c1-17(10-11-4-2-3-5-11)13-7-6-12(9-16)14(15)8-13/h6-8,11H,2-5,9-10,16H2,1H3. The molecule has 2 nitrogen and oxygen atoms in total. The topological polar surface area (TPSA) is 29.3 Å². The van der Waals surface area contributed by atoms with Gasteiger partial charge in [0.25, 0.3) is 0 Å². The Morgan fingerprint density at radius 2 is 2.06 bits per heavy atom. The fourth-order valence-electron chi connectivity index (χ4n) is 2.62. The lowest BCUT2D eigenvalue weighted by atomic mass is 10.1. The summed E-state index contributed by atoms with van der Waals surface area (Å²) in [5, 5.41) is 0.781. The molecule has 0 amide bonds. The van der Waals surface area contributed by atoms with Crippen molar-refractivity contribution in [3.05, 3.63) is 28.8 Å². The van der Waals surface area contributed by atoms with Gasteiger partial charge in [0.2, 0.25) is 0 Å². The van der Waals surface area contributed by atoms with Crippen LogP contribution in [0.5, 0.6) is 0 Å². The molecule has 0 heterocycles. The van der Waals surface area contributed by atoms with E-state index in [0.717, 1.165) is 23.0 Å². The molecule has 1 aromatic rings. The Kier molecular flexibility index (Phi) is 4.30. The van der Waals surface area contributed by atoms with Crippen molar-refractivity contribution >= 4 is 17.3 Å². The summed E-state index contributed by atoms with van der Waals surface area (Å²) in [6, 6.07) is 6.17. The van der Waals surface area contributed by atoms with Crippen LogP contribution < -0.4 is 10.6 Å². The monoisotopic (exact) mass is 252 g/mol. The van der Waals surface area contributed by atoms with Gasteiger partial charge in [0, 0.05) is 30.8 Å². The van der Waals surface area contributed by atoms with E-state index in [-0.39, 0.29) is 0 Å². The molecule has 1 aliphatic rings. The maximum absolute atomic E-state index is 6.18. The fourth-order valence-corrected chi connectivity index (χ4v) is 2.88. The minimum Gasteiger partial charge on any atom is -0.374 e. The Labute approximate surface area is 109 Å². The third-order valence-corrected chi connectivity index (χ3v) is 4.06. The SMILES string of the molecule is CN(CC1CCCC1)c1ccc(CN)c(Cl)c1. The van der Waals surface area contributed by atoms with Crippen LogP contribution in [0.25, 0.3) is 0 Å². The van der Waals surface area contributed by atoms with E-state index in [9.17, 15) is 0 Å². The average molecular weight is 253 g/mol. The molecule has 0 radical (unpaired) electrons. The Hall–Kier alpha value is -0.730. The fraction of sp³-hybridized carbons (Fsp3) is 0.571. The Balaban J connectivity index is 2.02. The van der Waals surface area contributed by atoms with Crippen LogP contribution in [-0.2, 0) is 6.54 Å². The van der Waals surface area contributed by atoms with Gasteiger partial charge in [0.15, 0.2) is 0 Å². The summed E-state index contributed by atoms with van der Waals surface area (Å²) in [5.41, 5.74) is 7.82. The Morgan fingerprint density at radius 3 is 2.65 bits per heavy atom. The predicted octanol–water partition coefficient (Wildman–Crippen LogP) is 3.43. The zero-order valence-electron chi connectivity index (χ0n) is 10.5. The zero-order chi connectivity index (χ0) is 12.3. The first kappa shape index (κ1) is 12.7. The molecule has 0 unspecified atom stereocenters. The van der Waals surface area contributed by atoms with Crippen LogP contribution in [0, 0.1) is 5.92 Å². The number of nitrogens with zero attached hydrogens (tertiary/aromatic N) is 1. The van der Waals surface area contributed by atoms with Gasteiger partial charge in [-0.05, 0) is 36.5 Å². The van der Waals surface area contributed by atoms with Gasteiger partial charge in [-0.25, -0.2) is 0 Å². The van der Waals surface area contributed by atoms with Crippen LogP contribution in [-0.4, -0.2) is 13.6 Å². The van der Waals surface area contributed by atoms with E-state index >= 15 is 0 Å². The molecule has 0 bridgehead atoms. The van der Waals surface area contributed by atoms with E-state index < -0.39 is 0 Å². The second-order valence-electron chi connectivity index (χ2n) is 5.01. The second-order valence-corrected chi connectivity index (χ2v) is 5.42. The minimum atomic E-state index is 0.505. The van der Waals surface area contributed by atoms with E-state index in [0.29, 0.717) is 6.54 Å². The van der Waals surface area contributed by atoms with Crippen LogP contribution in [0.4, 0.5) is 5.69 Å². The predicted molar refractivity (Wildman–Crippen MR) is 74.6 cm³/mol. The molecule has 17 heavy (non-hydrogen) atoms. The highest BCUT2D eigenvalue weighted by molar-refractivity contribution is 6.31. The normalized spacial score (nSPS) is 16.4. The highest BCUT2D eigenvalue weighted by Crippen LogP contribution is 2.28. The first-order chi connectivity index (χ1) is 8.20. The van der Waals surface area contributed by atoms with E-state index in [2.05, 4.69) is 18.0 Å². The van der Waals surface area contributed by atoms with Crippen molar-refractivity contribution in [1.29, 1.82) is 0 Å². The average Bonchev–Trinajstić information content (AvgIpc) is 2.81. The number of hydrogen-bond donors (Lipinski definition) is 1. The highest BCUT2D eigenvalue weighted by Gasteiger charge is 2.17. The van der Waals surface area contributed by atoms with E-state index in [1.807, 2.05) is 12.1 Å². The van der Waals surface area contributed by atoms with Crippen LogP contribution >= 0.6 is 11.6 Å². The molecular weight excluding hydrogens is 232 g/mol. The van der Waals surface area contributed by atoms with Gasteiger partial charge in [0.1, 0.15) is 0 Å². The number of anilines is 1. The number of halogens is 1. The Morgan fingerprint density at radius 1 is 1.35 bits per heavy atom. The van der Waals surface area contributed by atoms with Gasteiger partial charge in [-0.1, -0.05) is 30.5 Å². The summed E-state index contributed by atoms with van der Waals surface area (Å²) >= 11 is 6.18. The van der Waals surface area contributed by atoms with Crippen LogP contribution in [0.1, 0.15) is 31.2 Å². The maximum atomic E-state index is 6.18. The third kappa shape index (κ3) is 3.14. The molecular formula is C14H21ClN2. The summed E-state index contributed by atoms with van der Waals surface area (Å²) in [5.74, 6) is 0.855. The molecule has 1 fully saturated rings. The van der Waals surface area contributed by atoms with Gasteiger partial charge in [-0.2, -0.15) is 0 Å². The summed E-state index contributed by atoms with van der Waals surface area (Å²) in [6.07, 6.45) is 5.54. The molecule has 1 aliphatic carbocycles. The zero-order valence-corrected chi connectivity index (χ0v) is 11.2. The van der Waals surface area contributed by atoms with Crippen molar-refractivity contribution in [1.82, 2.24) is 0 Å². The van der Waals surface area contributed by atoms with E-state index in [1.54, 1.807) is 0 Å². The van der Waals surface area contributed by atoms with E-state index in [4.69, 9.17) is 17.3 Å². The molecule has 0 aromatic heterocycles. The lowest BCUT2D eigenvalue weighted by molar-refractivity contribution is 0.547. The van der Waals surface area contributed by atoms with Gasteiger partial charge in [-0.3, -0.25) is 0 Å². The number of benzene rings is 1. The third-order valence-electron chi connectivity index (χ3n) is 3.70. The molecule has 0 saturated heterocycles. The van der Waals surface area contributed by atoms with Crippen LogP contribution in [0.2, 0.25) is 5.02 Å². The summed E-state index contributed by atoms with van der Waals surface area (Å²) in [6.45, 7) is 1.64. The molecule has 1 saturated carbocycles. The van der Waals surface area contributed by atoms with Crippen LogP contribution in [0.3, 0.4) is 0 Å². The van der Waals surface area contributed by atoms with Gasteiger partial charge in [-0.15, -0.1) is 0 Å². The number of hydrogen-bond acceptors (Lipinski definition) is 2. The quantitative estimate of drug-likeness (QED) is 0.890. The summed E-state index contributed by atoms with van der Waals surface area (Å²) in [4.78, 5) is 2.31. The smallest absolute Gasteiger partial charge is 0.0471 e. The largest absolute Gasteiger partial charge is 0.374 e. The van der Waals surface area contributed by atoms with Crippen molar-refractivity contribution in [2.45, 2.75) is 32.2 Å². The van der Waals surface area contributed by atoms with Crippen molar-refractivity contribution in [3.8, 4) is 0 Å². The van der Waals surface area contributed by atoms with Crippen molar-refractivity contribution in [2.24, 2.45) is 11.7 Å². The minimum absolute atomic E-state index is 0.505. The van der Waals surface area contributed by atoms with Gasteiger partial charge in [0.05, 0.1) is 0 Å². The van der Waals surface area contributed by atoms with Crippen LogP contribution in [0.15, 0.2) is 18.2 Å². The lowest BCUT2D eigenvalue weighted by Crippen LogP contribution is -2.24. The molecule has 2 rings (SSSR count). The molecule has 2 N–H and O–H groups in total. The van der Waals surface area contributed by atoms with Crippen molar-refractivity contribution in [2.75, 3.05) is 18.5 Å². The maximum Gasteiger partial charge on any atom is 0.0471 e. The number of rotatable bonds is 4. The molecule has 0 spiro atoms. The summed E-state index contributed by atoms with van der Waals surface area (Å²) in [7, 11) is 2.14. The van der Waals surface area contributed by atoms with E-state index in [1.165, 1.54) is 31.4 Å². The second kappa shape index (κ2) is 5.74. The number of nitrogens with two attached hydrogens (primary N) is 1.